The molecule has 2 rings (SSSR count). The van der Waals surface area contributed by atoms with Crippen LogP contribution in [0.25, 0.3) is 0 Å². The second kappa shape index (κ2) is 5.85. The van der Waals surface area contributed by atoms with E-state index in [9.17, 15) is 9.90 Å². The summed E-state index contributed by atoms with van der Waals surface area (Å²) in [4.78, 5) is 11.3. The Bertz CT molecular complexity index is 352. The van der Waals surface area contributed by atoms with Gasteiger partial charge in [-0.3, -0.25) is 4.79 Å². The van der Waals surface area contributed by atoms with E-state index in [1.807, 2.05) is 30.3 Å². The molecule has 2 nitrogen and oxygen atoms in total. The number of carbonyl (C=O) groups is 1. The molecule has 2 heteroatoms. The number of carboxylic acids is 1. The smallest absolute Gasteiger partial charge is 0.310 e. The molecule has 17 heavy (non-hydrogen) atoms. The van der Waals surface area contributed by atoms with Crippen molar-refractivity contribution in [3.8, 4) is 0 Å². The maximum absolute atomic E-state index is 11.3. The number of hydrogen-bond acceptors (Lipinski definition) is 1. The zero-order valence-corrected chi connectivity index (χ0v) is 10.1. The van der Waals surface area contributed by atoms with Gasteiger partial charge >= 0.3 is 5.97 Å². The molecule has 1 fully saturated rings. The Hall–Kier alpha value is -1.31. The first-order valence-electron chi connectivity index (χ1n) is 6.55. The summed E-state index contributed by atoms with van der Waals surface area (Å²) in [5.41, 5.74) is 0.943. The highest BCUT2D eigenvalue weighted by molar-refractivity contribution is 5.75. The molecular formula is C15H20O2. The quantitative estimate of drug-likeness (QED) is 0.837. The van der Waals surface area contributed by atoms with Crippen LogP contribution >= 0.6 is 0 Å². The number of benzene rings is 1. The second-order valence-corrected chi connectivity index (χ2v) is 5.03. The summed E-state index contributed by atoms with van der Waals surface area (Å²) in [6, 6.07) is 9.61. The molecule has 0 radical (unpaired) electrons. The molecule has 1 aromatic rings. The second-order valence-electron chi connectivity index (χ2n) is 5.03. The molecule has 1 aliphatic rings. The summed E-state index contributed by atoms with van der Waals surface area (Å²) in [7, 11) is 0. The summed E-state index contributed by atoms with van der Waals surface area (Å²) < 4.78 is 0. The predicted octanol–water partition coefficient (Wildman–Crippen LogP) is 3.83. The van der Waals surface area contributed by atoms with Crippen molar-refractivity contribution in [3.05, 3.63) is 35.9 Å². The van der Waals surface area contributed by atoms with E-state index in [1.54, 1.807) is 0 Å². The zero-order chi connectivity index (χ0) is 12.1. The van der Waals surface area contributed by atoms with Crippen LogP contribution in [0.1, 0.15) is 50.0 Å². The lowest BCUT2D eigenvalue weighted by molar-refractivity contribution is -0.139. The molecular weight excluding hydrogens is 212 g/mol. The van der Waals surface area contributed by atoms with Crippen molar-refractivity contribution < 1.29 is 9.90 Å². The van der Waals surface area contributed by atoms with Crippen molar-refractivity contribution in [1.29, 1.82) is 0 Å². The molecule has 1 aromatic carbocycles. The topological polar surface area (TPSA) is 37.3 Å². The van der Waals surface area contributed by atoms with Gasteiger partial charge in [-0.25, -0.2) is 0 Å². The number of rotatable bonds is 5. The first-order chi connectivity index (χ1) is 8.27. The van der Waals surface area contributed by atoms with Gasteiger partial charge < -0.3 is 5.11 Å². The molecule has 0 spiro atoms. The van der Waals surface area contributed by atoms with Gasteiger partial charge in [0, 0.05) is 0 Å². The van der Waals surface area contributed by atoms with Crippen LogP contribution in [0.5, 0.6) is 0 Å². The molecule has 92 valence electrons. The Morgan fingerprint density at radius 2 is 1.88 bits per heavy atom. The van der Waals surface area contributed by atoms with Gasteiger partial charge in [0.2, 0.25) is 0 Å². The highest BCUT2D eigenvalue weighted by atomic mass is 16.4. The fourth-order valence-electron chi connectivity index (χ4n) is 2.82. The lowest BCUT2D eigenvalue weighted by atomic mass is 9.90. The lowest BCUT2D eigenvalue weighted by Gasteiger charge is -2.15. The maximum Gasteiger partial charge on any atom is 0.310 e. The van der Waals surface area contributed by atoms with Crippen LogP contribution < -0.4 is 0 Å². The molecule has 1 N–H and O–H groups in total. The Labute approximate surface area is 103 Å². The van der Waals surface area contributed by atoms with Crippen LogP contribution in [-0.4, -0.2) is 11.1 Å². The van der Waals surface area contributed by atoms with Gasteiger partial charge in [0.25, 0.3) is 0 Å². The number of aliphatic carboxylic acids is 1. The van der Waals surface area contributed by atoms with Crippen LogP contribution in [0, 0.1) is 5.92 Å². The molecule has 1 aliphatic carbocycles. The minimum absolute atomic E-state index is 0.322. The van der Waals surface area contributed by atoms with Gasteiger partial charge in [-0.1, -0.05) is 56.0 Å². The molecule has 1 atom stereocenters. The van der Waals surface area contributed by atoms with Crippen molar-refractivity contribution in [2.45, 2.75) is 44.4 Å². The van der Waals surface area contributed by atoms with Crippen LogP contribution in [-0.2, 0) is 4.79 Å². The molecule has 1 saturated carbocycles. The third-order valence-corrected chi connectivity index (χ3v) is 3.84. The Balaban J connectivity index is 1.95. The lowest BCUT2D eigenvalue weighted by Crippen LogP contribution is -2.12. The molecule has 0 bridgehead atoms. The van der Waals surface area contributed by atoms with E-state index >= 15 is 0 Å². The normalized spacial score (nSPS) is 18.1. The van der Waals surface area contributed by atoms with Crippen molar-refractivity contribution in [3.63, 3.8) is 0 Å². The average Bonchev–Trinajstić information content (AvgIpc) is 2.83. The van der Waals surface area contributed by atoms with Gasteiger partial charge in [0.05, 0.1) is 5.92 Å². The highest BCUT2D eigenvalue weighted by Crippen LogP contribution is 2.32. The number of carboxylic acid groups (broad SMARTS) is 1. The number of hydrogen-bond donors (Lipinski definition) is 1. The van der Waals surface area contributed by atoms with Crippen LogP contribution in [0.2, 0.25) is 0 Å². The standard InChI is InChI=1S/C15H20O2/c16-15(17)14(13-8-2-1-3-9-13)11-10-12-6-4-5-7-12/h1-3,8-9,12,14H,4-7,10-11H2,(H,16,17). The van der Waals surface area contributed by atoms with Gasteiger partial charge in [-0.05, 0) is 24.3 Å². The highest BCUT2D eigenvalue weighted by Gasteiger charge is 2.22. The SMILES string of the molecule is O=C(O)C(CCC1CCCC1)c1ccccc1. The van der Waals surface area contributed by atoms with Crippen molar-refractivity contribution >= 4 is 5.97 Å². The van der Waals surface area contributed by atoms with Crippen molar-refractivity contribution in [2.24, 2.45) is 5.92 Å². The summed E-state index contributed by atoms with van der Waals surface area (Å²) in [5, 5.41) is 9.30. The largest absolute Gasteiger partial charge is 0.481 e. The average molecular weight is 232 g/mol. The first-order valence-corrected chi connectivity index (χ1v) is 6.55. The molecule has 0 heterocycles. The van der Waals surface area contributed by atoms with Gasteiger partial charge in [-0.2, -0.15) is 0 Å². The monoisotopic (exact) mass is 232 g/mol. The van der Waals surface area contributed by atoms with Gasteiger partial charge in [-0.15, -0.1) is 0 Å². The van der Waals surface area contributed by atoms with Crippen molar-refractivity contribution in [2.75, 3.05) is 0 Å². The fourth-order valence-corrected chi connectivity index (χ4v) is 2.82. The Morgan fingerprint density at radius 3 is 2.47 bits per heavy atom. The van der Waals surface area contributed by atoms with E-state index < -0.39 is 5.97 Å². The van der Waals surface area contributed by atoms with Gasteiger partial charge in [0.1, 0.15) is 0 Å². The summed E-state index contributed by atoms with van der Waals surface area (Å²) in [6.45, 7) is 0. The minimum Gasteiger partial charge on any atom is -0.481 e. The maximum atomic E-state index is 11.3. The van der Waals surface area contributed by atoms with E-state index in [0.717, 1.165) is 24.3 Å². The third-order valence-electron chi connectivity index (χ3n) is 3.84. The van der Waals surface area contributed by atoms with E-state index in [0.29, 0.717) is 0 Å². The van der Waals surface area contributed by atoms with Crippen LogP contribution in [0.3, 0.4) is 0 Å². The molecule has 1 unspecified atom stereocenters. The summed E-state index contributed by atoms with van der Waals surface area (Å²) in [6.07, 6.45) is 7.08. The Kier molecular flexibility index (Phi) is 4.18. The van der Waals surface area contributed by atoms with E-state index in [-0.39, 0.29) is 5.92 Å². The third kappa shape index (κ3) is 3.32. The molecule has 0 aliphatic heterocycles. The van der Waals surface area contributed by atoms with E-state index in [4.69, 9.17) is 0 Å². The Morgan fingerprint density at radius 1 is 1.24 bits per heavy atom. The predicted molar refractivity (Wildman–Crippen MR) is 68.0 cm³/mol. The van der Waals surface area contributed by atoms with Crippen molar-refractivity contribution in [1.82, 2.24) is 0 Å². The van der Waals surface area contributed by atoms with Crippen LogP contribution in [0.4, 0.5) is 0 Å². The van der Waals surface area contributed by atoms with Gasteiger partial charge in [0.15, 0.2) is 0 Å². The summed E-state index contributed by atoms with van der Waals surface area (Å²) in [5.74, 6) is -0.244. The summed E-state index contributed by atoms with van der Waals surface area (Å²) >= 11 is 0. The molecule has 0 amide bonds. The molecule has 0 saturated heterocycles. The van der Waals surface area contributed by atoms with Crippen LogP contribution in [0.15, 0.2) is 30.3 Å². The fraction of sp³-hybridized carbons (Fsp3) is 0.533. The molecule has 0 aromatic heterocycles. The first kappa shape index (κ1) is 12.2. The zero-order valence-electron chi connectivity index (χ0n) is 10.1. The minimum atomic E-state index is -0.686. The van der Waals surface area contributed by atoms with E-state index in [2.05, 4.69) is 0 Å². The van der Waals surface area contributed by atoms with E-state index in [1.165, 1.54) is 25.7 Å².